The summed E-state index contributed by atoms with van der Waals surface area (Å²) in [6.07, 6.45) is 2.95. The number of nitrogens with one attached hydrogen (secondary N) is 2. The van der Waals surface area contributed by atoms with E-state index in [0.29, 0.717) is 0 Å². The zero-order valence-corrected chi connectivity index (χ0v) is 13.8. The van der Waals surface area contributed by atoms with Crippen LogP contribution < -0.4 is 15.5 Å². The van der Waals surface area contributed by atoms with Gasteiger partial charge >= 0.3 is 0 Å². The summed E-state index contributed by atoms with van der Waals surface area (Å²) in [5, 5.41) is 4.22. The molecule has 1 aliphatic heterocycles. The SMILES string of the molecule is CCC(C)NC(=O)CN1NC(c2ccc(OC)cc2)=CCC1=O. The second-order valence-corrected chi connectivity index (χ2v) is 5.52. The van der Waals surface area contributed by atoms with E-state index < -0.39 is 0 Å². The van der Waals surface area contributed by atoms with Crippen LogP contribution in [0.4, 0.5) is 0 Å². The molecule has 0 spiro atoms. The number of methoxy groups -OCH3 is 1. The van der Waals surface area contributed by atoms with E-state index in [0.717, 1.165) is 23.4 Å². The average molecular weight is 317 g/mol. The molecule has 1 unspecified atom stereocenters. The van der Waals surface area contributed by atoms with Crippen LogP contribution in [-0.4, -0.2) is 36.5 Å². The Bertz CT molecular complexity index is 596. The van der Waals surface area contributed by atoms with Crippen LogP contribution in [0.1, 0.15) is 32.3 Å². The molecule has 1 heterocycles. The minimum atomic E-state index is -0.170. The summed E-state index contributed by atoms with van der Waals surface area (Å²) in [6, 6.07) is 7.62. The van der Waals surface area contributed by atoms with Gasteiger partial charge in [-0.3, -0.25) is 15.0 Å². The van der Waals surface area contributed by atoms with Crippen LogP contribution in [0.3, 0.4) is 0 Å². The molecular formula is C17H23N3O3. The molecule has 6 heteroatoms. The Balaban J connectivity index is 2.02. The Morgan fingerprint density at radius 1 is 1.39 bits per heavy atom. The number of hydrogen-bond donors (Lipinski definition) is 2. The number of nitrogens with zero attached hydrogens (tertiary/aromatic N) is 1. The van der Waals surface area contributed by atoms with Gasteiger partial charge < -0.3 is 10.1 Å². The Morgan fingerprint density at radius 3 is 2.70 bits per heavy atom. The summed E-state index contributed by atoms with van der Waals surface area (Å²) in [4.78, 5) is 24.0. The molecule has 0 aromatic heterocycles. The molecule has 1 aliphatic rings. The van der Waals surface area contributed by atoms with Crippen molar-refractivity contribution < 1.29 is 14.3 Å². The molecule has 23 heavy (non-hydrogen) atoms. The first-order valence-electron chi connectivity index (χ1n) is 7.74. The molecule has 2 N–H and O–H groups in total. The van der Waals surface area contributed by atoms with Crippen molar-refractivity contribution in [2.75, 3.05) is 13.7 Å². The van der Waals surface area contributed by atoms with E-state index in [9.17, 15) is 9.59 Å². The van der Waals surface area contributed by atoms with Gasteiger partial charge in [0.1, 0.15) is 12.3 Å². The molecule has 0 saturated carbocycles. The molecule has 2 amide bonds. The maximum absolute atomic E-state index is 12.0. The van der Waals surface area contributed by atoms with Crippen molar-refractivity contribution in [3.05, 3.63) is 35.9 Å². The van der Waals surface area contributed by atoms with E-state index in [1.54, 1.807) is 7.11 Å². The van der Waals surface area contributed by atoms with Crippen molar-refractivity contribution in [2.24, 2.45) is 0 Å². The first-order chi connectivity index (χ1) is 11.0. The van der Waals surface area contributed by atoms with Gasteiger partial charge in [-0.15, -0.1) is 0 Å². The summed E-state index contributed by atoms with van der Waals surface area (Å²) in [7, 11) is 1.61. The van der Waals surface area contributed by atoms with Crippen LogP contribution in [0.25, 0.3) is 5.70 Å². The normalized spacial score (nSPS) is 15.5. The van der Waals surface area contributed by atoms with Gasteiger partial charge in [0.25, 0.3) is 0 Å². The smallest absolute Gasteiger partial charge is 0.245 e. The van der Waals surface area contributed by atoms with Gasteiger partial charge in [-0.1, -0.05) is 6.92 Å². The van der Waals surface area contributed by atoms with E-state index in [-0.39, 0.29) is 30.8 Å². The van der Waals surface area contributed by atoms with Crippen LogP contribution in [0.15, 0.2) is 30.3 Å². The molecule has 0 fully saturated rings. The summed E-state index contributed by atoms with van der Waals surface area (Å²) in [5.74, 6) is 0.476. The lowest BCUT2D eigenvalue weighted by molar-refractivity contribution is -0.138. The molecular weight excluding hydrogens is 294 g/mol. The van der Waals surface area contributed by atoms with E-state index in [4.69, 9.17) is 4.74 Å². The lowest BCUT2D eigenvalue weighted by Crippen LogP contribution is -2.50. The summed E-state index contributed by atoms with van der Waals surface area (Å²) in [6.45, 7) is 3.93. The molecule has 1 atom stereocenters. The lowest BCUT2D eigenvalue weighted by atomic mass is 10.1. The highest BCUT2D eigenvalue weighted by Crippen LogP contribution is 2.20. The Labute approximate surface area is 136 Å². The largest absolute Gasteiger partial charge is 0.497 e. The van der Waals surface area contributed by atoms with Crippen molar-refractivity contribution in [2.45, 2.75) is 32.7 Å². The van der Waals surface area contributed by atoms with Gasteiger partial charge in [0.2, 0.25) is 11.8 Å². The van der Waals surface area contributed by atoms with Crippen LogP contribution in [0, 0.1) is 0 Å². The van der Waals surface area contributed by atoms with Gasteiger partial charge in [0.15, 0.2) is 0 Å². The van der Waals surface area contributed by atoms with Gasteiger partial charge in [-0.2, -0.15) is 0 Å². The maximum Gasteiger partial charge on any atom is 0.245 e. The molecule has 1 aromatic rings. The van der Waals surface area contributed by atoms with Crippen molar-refractivity contribution in [1.82, 2.24) is 15.8 Å². The molecule has 124 valence electrons. The molecule has 0 aliphatic carbocycles. The average Bonchev–Trinajstić information content (AvgIpc) is 2.56. The molecule has 1 aromatic carbocycles. The van der Waals surface area contributed by atoms with Gasteiger partial charge in [-0.25, -0.2) is 5.01 Å². The minimum Gasteiger partial charge on any atom is -0.497 e. The van der Waals surface area contributed by atoms with E-state index in [1.165, 1.54) is 5.01 Å². The summed E-state index contributed by atoms with van der Waals surface area (Å²) < 4.78 is 5.14. The molecule has 2 rings (SSSR count). The standard InChI is InChI=1S/C17H23N3O3/c1-4-12(2)18-16(21)11-20-17(22)10-9-15(19-20)13-5-7-14(23-3)8-6-13/h5-9,12,19H,4,10-11H2,1-3H3,(H,18,21). The van der Waals surface area contributed by atoms with Crippen molar-refractivity contribution >= 4 is 17.5 Å². The Morgan fingerprint density at radius 2 is 2.09 bits per heavy atom. The number of hydrogen-bond acceptors (Lipinski definition) is 4. The van der Waals surface area contributed by atoms with E-state index >= 15 is 0 Å². The monoisotopic (exact) mass is 317 g/mol. The fourth-order valence-electron chi connectivity index (χ4n) is 2.20. The highest BCUT2D eigenvalue weighted by molar-refractivity contribution is 5.88. The number of carbonyl (C=O) groups excluding carboxylic acids is 2. The quantitative estimate of drug-likeness (QED) is 0.837. The van der Waals surface area contributed by atoms with Crippen LogP contribution >= 0.6 is 0 Å². The number of amides is 2. The Hall–Kier alpha value is -2.50. The topological polar surface area (TPSA) is 70.7 Å². The van der Waals surface area contributed by atoms with Crippen molar-refractivity contribution in [1.29, 1.82) is 0 Å². The first-order valence-corrected chi connectivity index (χ1v) is 7.74. The third kappa shape index (κ3) is 4.48. The summed E-state index contributed by atoms with van der Waals surface area (Å²) >= 11 is 0. The van der Waals surface area contributed by atoms with E-state index in [2.05, 4.69) is 10.7 Å². The fourth-order valence-corrected chi connectivity index (χ4v) is 2.20. The first kappa shape index (κ1) is 16.9. The van der Waals surface area contributed by atoms with Gasteiger partial charge in [0.05, 0.1) is 12.8 Å². The van der Waals surface area contributed by atoms with E-state index in [1.807, 2.05) is 44.2 Å². The Kier molecular flexibility index (Phi) is 5.62. The third-order valence-electron chi connectivity index (χ3n) is 3.76. The zero-order valence-electron chi connectivity index (χ0n) is 13.8. The van der Waals surface area contributed by atoms with Gasteiger partial charge in [-0.05, 0) is 49.2 Å². The predicted molar refractivity (Wildman–Crippen MR) is 88.3 cm³/mol. The van der Waals surface area contributed by atoms with Crippen LogP contribution in [0.2, 0.25) is 0 Å². The molecule has 6 nitrogen and oxygen atoms in total. The highest BCUT2D eigenvalue weighted by Gasteiger charge is 2.22. The molecule has 0 radical (unpaired) electrons. The lowest BCUT2D eigenvalue weighted by Gasteiger charge is -2.29. The summed E-state index contributed by atoms with van der Waals surface area (Å²) in [5.41, 5.74) is 4.77. The number of hydrazine groups is 1. The predicted octanol–water partition coefficient (Wildman–Crippen LogP) is 1.69. The maximum atomic E-state index is 12.0. The third-order valence-corrected chi connectivity index (χ3v) is 3.76. The molecule has 0 saturated heterocycles. The second-order valence-electron chi connectivity index (χ2n) is 5.52. The number of rotatable bonds is 6. The van der Waals surface area contributed by atoms with Gasteiger partial charge in [0, 0.05) is 12.5 Å². The number of ether oxygens (including phenoxy) is 1. The highest BCUT2D eigenvalue weighted by atomic mass is 16.5. The molecule has 0 bridgehead atoms. The van der Waals surface area contributed by atoms with Crippen molar-refractivity contribution in [3.63, 3.8) is 0 Å². The van der Waals surface area contributed by atoms with Crippen LogP contribution in [0.5, 0.6) is 5.75 Å². The second kappa shape index (κ2) is 7.67. The fraction of sp³-hybridized carbons (Fsp3) is 0.412. The zero-order chi connectivity index (χ0) is 16.8. The number of carbonyl (C=O) groups is 2. The van der Waals surface area contributed by atoms with Crippen LogP contribution in [-0.2, 0) is 9.59 Å². The minimum absolute atomic E-state index is 0.00331. The number of benzene rings is 1. The van der Waals surface area contributed by atoms with Crippen molar-refractivity contribution in [3.8, 4) is 5.75 Å².